The first-order valence-electron chi connectivity index (χ1n) is 7.82. The van der Waals surface area contributed by atoms with Crippen molar-refractivity contribution in [1.29, 1.82) is 0 Å². The van der Waals surface area contributed by atoms with Crippen LogP contribution in [0.15, 0.2) is 42.5 Å². The maximum absolute atomic E-state index is 12.9. The fourth-order valence-electron chi connectivity index (χ4n) is 2.03. The molecular formula is C18H17ClF3NO3. The molecule has 0 fully saturated rings. The smallest absolute Gasteiger partial charge is 0.416 e. The number of carbonyl (C=O) groups is 1. The third-order valence-corrected chi connectivity index (χ3v) is 3.44. The number of alkyl halides is 3. The Kier molecular flexibility index (Phi) is 6.74. The van der Waals surface area contributed by atoms with E-state index in [1.165, 1.54) is 12.1 Å². The molecule has 0 saturated heterocycles. The zero-order valence-corrected chi connectivity index (χ0v) is 14.7. The fourth-order valence-corrected chi connectivity index (χ4v) is 2.21. The third-order valence-electron chi connectivity index (χ3n) is 3.21. The highest BCUT2D eigenvalue weighted by Crippen LogP contribution is 2.35. The molecule has 1 N–H and O–H groups in total. The first-order valence-corrected chi connectivity index (χ1v) is 8.19. The zero-order chi connectivity index (χ0) is 19.2. The summed E-state index contributed by atoms with van der Waals surface area (Å²) in [6.07, 6.45) is -3.85. The Balaban J connectivity index is 2.10. The van der Waals surface area contributed by atoms with Crippen LogP contribution in [0.1, 0.15) is 18.9 Å². The summed E-state index contributed by atoms with van der Waals surface area (Å²) in [6.45, 7) is 1.79. The molecule has 0 radical (unpaired) electrons. The van der Waals surface area contributed by atoms with Gasteiger partial charge in [0.05, 0.1) is 17.9 Å². The van der Waals surface area contributed by atoms with Gasteiger partial charge in [-0.15, -0.1) is 0 Å². The molecule has 0 heterocycles. The van der Waals surface area contributed by atoms with Gasteiger partial charge in [0.15, 0.2) is 6.61 Å². The monoisotopic (exact) mass is 387 g/mol. The number of hydrogen-bond donors (Lipinski definition) is 1. The van der Waals surface area contributed by atoms with Crippen LogP contribution < -0.4 is 14.8 Å². The number of rotatable bonds is 7. The molecule has 140 valence electrons. The van der Waals surface area contributed by atoms with Crippen molar-refractivity contribution >= 4 is 23.2 Å². The standard InChI is InChI=1S/C18H17ClF3NO3/c1-2-8-25-16-7-6-12(18(20,21)22)9-15(16)23-17(24)11-26-14-5-3-4-13(19)10-14/h3-7,9-10H,2,8,11H2,1H3,(H,23,24). The summed E-state index contributed by atoms with van der Waals surface area (Å²) in [5.41, 5.74) is -0.944. The van der Waals surface area contributed by atoms with E-state index >= 15 is 0 Å². The Morgan fingerprint density at radius 2 is 1.92 bits per heavy atom. The summed E-state index contributed by atoms with van der Waals surface area (Å²) in [5.74, 6) is -0.0826. The van der Waals surface area contributed by atoms with Crippen molar-refractivity contribution in [2.24, 2.45) is 0 Å². The SMILES string of the molecule is CCCOc1ccc(C(F)(F)F)cc1NC(=O)COc1cccc(Cl)c1. The second kappa shape index (κ2) is 8.80. The van der Waals surface area contributed by atoms with E-state index in [0.29, 0.717) is 23.8 Å². The van der Waals surface area contributed by atoms with Gasteiger partial charge in [-0.25, -0.2) is 0 Å². The largest absolute Gasteiger partial charge is 0.491 e. The zero-order valence-electron chi connectivity index (χ0n) is 13.9. The second-order valence-electron chi connectivity index (χ2n) is 5.35. The van der Waals surface area contributed by atoms with Crippen molar-refractivity contribution < 1.29 is 27.4 Å². The van der Waals surface area contributed by atoms with Gasteiger partial charge in [-0.1, -0.05) is 24.6 Å². The lowest BCUT2D eigenvalue weighted by atomic mass is 10.1. The Morgan fingerprint density at radius 1 is 1.15 bits per heavy atom. The van der Waals surface area contributed by atoms with Crippen LogP contribution in [0.2, 0.25) is 5.02 Å². The maximum atomic E-state index is 12.9. The molecule has 2 aromatic rings. The molecular weight excluding hydrogens is 371 g/mol. The van der Waals surface area contributed by atoms with E-state index in [2.05, 4.69) is 5.32 Å². The highest BCUT2D eigenvalue weighted by atomic mass is 35.5. The molecule has 0 aliphatic rings. The quantitative estimate of drug-likeness (QED) is 0.713. The molecule has 0 unspecified atom stereocenters. The van der Waals surface area contributed by atoms with E-state index < -0.39 is 17.6 Å². The predicted molar refractivity (Wildman–Crippen MR) is 92.8 cm³/mol. The van der Waals surface area contributed by atoms with Gasteiger partial charge >= 0.3 is 6.18 Å². The Labute approximate surface area is 153 Å². The van der Waals surface area contributed by atoms with Gasteiger partial charge in [0.1, 0.15) is 11.5 Å². The van der Waals surface area contributed by atoms with E-state index in [1.54, 1.807) is 18.2 Å². The molecule has 0 aliphatic heterocycles. The molecule has 0 bridgehead atoms. The van der Waals surface area contributed by atoms with Crippen LogP contribution in [0.4, 0.5) is 18.9 Å². The summed E-state index contributed by atoms with van der Waals surface area (Å²) >= 11 is 5.82. The molecule has 0 spiro atoms. The Bertz CT molecular complexity index is 766. The highest BCUT2D eigenvalue weighted by molar-refractivity contribution is 6.30. The van der Waals surface area contributed by atoms with E-state index in [-0.39, 0.29) is 18.0 Å². The molecule has 26 heavy (non-hydrogen) atoms. The number of benzene rings is 2. The van der Waals surface area contributed by atoms with Crippen LogP contribution in [-0.2, 0) is 11.0 Å². The van der Waals surface area contributed by atoms with Gasteiger partial charge in [-0.3, -0.25) is 4.79 Å². The Morgan fingerprint density at radius 3 is 2.58 bits per heavy atom. The lowest BCUT2D eigenvalue weighted by Gasteiger charge is -2.15. The summed E-state index contributed by atoms with van der Waals surface area (Å²) in [5, 5.41) is 2.84. The number of carbonyl (C=O) groups excluding carboxylic acids is 1. The lowest BCUT2D eigenvalue weighted by Crippen LogP contribution is -2.21. The number of anilines is 1. The number of ether oxygens (including phenoxy) is 2. The summed E-state index contributed by atoms with van der Waals surface area (Å²) in [4.78, 5) is 12.1. The lowest BCUT2D eigenvalue weighted by molar-refractivity contribution is -0.137. The Hall–Kier alpha value is -2.41. The number of amides is 1. The van der Waals surface area contributed by atoms with Crippen molar-refractivity contribution in [3.63, 3.8) is 0 Å². The first kappa shape index (κ1) is 19.9. The van der Waals surface area contributed by atoms with Crippen molar-refractivity contribution in [2.75, 3.05) is 18.5 Å². The van der Waals surface area contributed by atoms with Crippen LogP contribution in [-0.4, -0.2) is 19.1 Å². The van der Waals surface area contributed by atoms with Gasteiger partial charge in [0, 0.05) is 5.02 Å². The van der Waals surface area contributed by atoms with Gasteiger partial charge in [0.25, 0.3) is 5.91 Å². The topological polar surface area (TPSA) is 47.6 Å². The van der Waals surface area contributed by atoms with Gasteiger partial charge in [-0.2, -0.15) is 13.2 Å². The van der Waals surface area contributed by atoms with Crippen LogP contribution in [0, 0.1) is 0 Å². The van der Waals surface area contributed by atoms with Crippen LogP contribution >= 0.6 is 11.6 Å². The van der Waals surface area contributed by atoms with Crippen molar-refractivity contribution in [3.8, 4) is 11.5 Å². The highest BCUT2D eigenvalue weighted by Gasteiger charge is 2.31. The van der Waals surface area contributed by atoms with Crippen molar-refractivity contribution in [1.82, 2.24) is 0 Å². The van der Waals surface area contributed by atoms with Crippen molar-refractivity contribution in [2.45, 2.75) is 19.5 Å². The number of nitrogens with one attached hydrogen (secondary N) is 1. The van der Waals surface area contributed by atoms with Crippen LogP contribution in [0.3, 0.4) is 0 Å². The van der Waals surface area contributed by atoms with Crippen LogP contribution in [0.25, 0.3) is 0 Å². The average molecular weight is 388 g/mol. The number of halogens is 4. The minimum atomic E-state index is -4.53. The second-order valence-corrected chi connectivity index (χ2v) is 5.79. The predicted octanol–water partition coefficient (Wildman–Crippen LogP) is 5.17. The van der Waals surface area contributed by atoms with Gasteiger partial charge in [0.2, 0.25) is 0 Å². The molecule has 0 saturated carbocycles. The molecule has 4 nitrogen and oxygen atoms in total. The normalized spacial score (nSPS) is 11.1. The third kappa shape index (κ3) is 5.84. The van der Waals surface area contributed by atoms with E-state index in [0.717, 1.165) is 12.1 Å². The summed E-state index contributed by atoms with van der Waals surface area (Å²) < 4.78 is 49.4. The first-order chi connectivity index (χ1) is 12.3. The van der Waals surface area contributed by atoms with Crippen molar-refractivity contribution in [3.05, 3.63) is 53.1 Å². The minimum Gasteiger partial charge on any atom is -0.491 e. The molecule has 0 aromatic heterocycles. The van der Waals surface area contributed by atoms with Crippen LogP contribution in [0.5, 0.6) is 11.5 Å². The molecule has 2 rings (SSSR count). The average Bonchev–Trinajstić information content (AvgIpc) is 2.58. The fraction of sp³-hybridized carbons (Fsp3) is 0.278. The molecule has 0 aliphatic carbocycles. The van der Waals surface area contributed by atoms with Gasteiger partial charge in [-0.05, 0) is 42.8 Å². The number of hydrogen-bond acceptors (Lipinski definition) is 3. The minimum absolute atomic E-state index is 0.0621. The molecule has 8 heteroatoms. The van der Waals surface area contributed by atoms with E-state index in [1.807, 2.05) is 6.92 Å². The molecule has 2 aromatic carbocycles. The molecule has 0 atom stereocenters. The van der Waals surface area contributed by atoms with Gasteiger partial charge < -0.3 is 14.8 Å². The maximum Gasteiger partial charge on any atom is 0.416 e. The summed E-state index contributed by atoms with van der Waals surface area (Å²) in [6, 6.07) is 9.36. The molecule has 1 amide bonds. The van der Waals surface area contributed by atoms with E-state index in [9.17, 15) is 18.0 Å². The summed E-state index contributed by atoms with van der Waals surface area (Å²) in [7, 11) is 0. The van der Waals surface area contributed by atoms with E-state index in [4.69, 9.17) is 21.1 Å².